The molecule has 0 aromatic rings. The maximum Gasteiger partial charge on any atom is 0.217 e. The van der Waals surface area contributed by atoms with Crippen molar-refractivity contribution in [3.05, 3.63) is 0 Å². The number of nitrogens with zero attached hydrogens (tertiary/aromatic N) is 1. The number of unbranched alkanes of at least 4 members (excludes halogenated alkanes) is 5. The molecule has 5 nitrogen and oxygen atoms in total. The number of hydrogen-bond acceptors (Lipinski definition) is 4. The van der Waals surface area contributed by atoms with E-state index in [4.69, 9.17) is 0 Å². The van der Waals surface area contributed by atoms with Crippen LogP contribution in [0.2, 0.25) is 0 Å². The van der Waals surface area contributed by atoms with E-state index in [9.17, 15) is 13.0 Å². The van der Waals surface area contributed by atoms with Gasteiger partial charge in [-0.2, -0.15) is 0 Å². The van der Waals surface area contributed by atoms with Gasteiger partial charge in [0.25, 0.3) is 0 Å². The molecule has 0 heterocycles. The SMILES string of the molecule is CCCCOS(=O)(=O)[O-].CCCC[N+](CCCC)(CCCC)CCCC. The Kier molecular flexibility index (Phi) is 19.6. The lowest BCUT2D eigenvalue weighted by atomic mass is 10.1. The maximum atomic E-state index is 9.73. The van der Waals surface area contributed by atoms with Gasteiger partial charge in [-0.15, -0.1) is 0 Å². The molecule has 0 aromatic carbocycles. The van der Waals surface area contributed by atoms with Crippen molar-refractivity contribution in [1.29, 1.82) is 0 Å². The first-order valence-electron chi connectivity index (χ1n) is 10.8. The van der Waals surface area contributed by atoms with Crippen LogP contribution in [-0.4, -0.2) is 50.2 Å². The minimum absolute atomic E-state index is 0.00231. The normalized spacial score (nSPS) is 11.9. The molecule has 0 rings (SSSR count). The van der Waals surface area contributed by atoms with Crippen LogP contribution in [-0.2, 0) is 14.6 Å². The molecule has 0 bridgehead atoms. The van der Waals surface area contributed by atoms with Crippen LogP contribution in [0.1, 0.15) is 98.8 Å². The van der Waals surface area contributed by atoms with E-state index < -0.39 is 10.4 Å². The second-order valence-electron chi connectivity index (χ2n) is 7.23. The lowest BCUT2D eigenvalue weighted by Gasteiger charge is -2.39. The van der Waals surface area contributed by atoms with Crippen LogP contribution in [0.5, 0.6) is 0 Å². The Bertz CT molecular complexity index is 348. The second kappa shape index (κ2) is 18.2. The molecule has 0 radical (unpaired) electrons. The molecule has 0 aromatic heterocycles. The molecule has 0 aliphatic heterocycles. The summed E-state index contributed by atoms with van der Waals surface area (Å²) in [6, 6.07) is 0. The molecule has 0 atom stereocenters. The van der Waals surface area contributed by atoms with Crippen molar-refractivity contribution in [2.75, 3.05) is 32.8 Å². The molecular formula is C20H45NO4S. The monoisotopic (exact) mass is 395 g/mol. The summed E-state index contributed by atoms with van der Waals surface area (Å²) >= 11 is 0. The Balaban J connectivity index is 0. The van der Waals surface area contributed by atoms with Crippen LogP contribution in [0, 0.1) is 0 Å². The van der Waals surface area contributed by atoms with E-state index in [-0.39, 0.29) is 6.61 Å². The van der Waals surface area contributed by atoms with Crippen molar-refractivity contribution >= 4 is 10.4 Å². The van der Waals surface area contributed by atoms with Crippen molar-refractivity contribution in [3.63, 3.8) is 0 Å². The topological polar surface area (TPSA) is 66.4 Å². The van der Waals surface area contributed by atoms with Gasteiger partial charge in [-0.3, -0.25) is 4.18 Å². The van der Waals surface area contributed by atoms with E-state index in [2.05, 4.69) is 31.9 Å². The molecule has 0 spiro atoms. The Hall–Kier alpha value is -0.170. The fraction of sp³-hybridized carbons (Fsp3) is 1.00. The zero-order valence-corrected chi connectivity index (χ0v) is 18.9. The first kappa shape index (κ1) is 28.0. The molecule has 0 amide bonds. The molecule has 0 fully saturated rings. The summed E-state index contributed by atoms with van der Waals surface area (Å²) in [6.45, 7) is 16.9. The molecule has 6 heteroatoms. The molecule has 0 aliphatic rings. The average Bonchev–Trinajstić information content (AvgIpc) is 2.60. The molecule has 0 saturated carbocycles. The van der Waals surface area contributed by atoms with E-state index in [1.807, 2.05) is 6.92 Å². The summed E-state index contributed by atoms with van der Waals surface area (Å²) in [6.07, 6.45) is 12.5. The average molecular weight is 396 g/mol. The fourth-order valence-electron chi connectivity index (χ4n) is 2.95. The number of quaternary nitrogens is 1. The van der Waals surface area contributed by atoms with Crippen LogP contribution < -0.4 is 0 Å². The van der Waals surface area contributed by atoms with E-state index >= 15 is 0 Å². The lowest BCUT2D eigenvalue weighted by molar-refractivity contribution is -0.929. The standard InChI is InChI=1S/C16H36N.C4H10O4S/c1-5-9-13-17(14-10-6-2,15-11-7-3)16-12-8-4;1-2-3-4-8-9(5,6)7/h5-16H2,1-4H3;2-4H2,1H3,(H,5,6,7)/q+1;/p-1. The number of hydrogen-bond donors (Lipinski definition) is 0. The minimum atomic E-state index is -4.45. The molecular weight excluding hydrogens is 350 g/mol. The largest absolute Gasteiger partial charge is 0.726 e. The van der Waals surface area contributed by atoms with Gasteiger partial charge in [0.2, 0.25) is 10.4 Å². The van der Waals surface area contributed by atoms with Crippen molar-refractivity contribution in [3.8, 4) is 0 Å². The summed E-state index contributed by atoms with van der Waals surface area (Å²) in [4.78, 5) is 0. The van der Waals surface area contributed by atoms with Gasteiger partial charge in [0.15, 0.2) is 0 Å². The van der Waals surface area contributed by atoms with Crippen LogP contribution in [0.3, 0.4) is 0 Å². The lowest BCUT2D eigenvalue weighted by Crippen LogP contribution is -2.50. The highest BCUT2D eigenvalue weighted by Gasteiger charge is 2.24. The van der Waals surface area contributed by atoms with E-state index in [0.29, 0.717) is 6.42 Å². The van der Waals surface area contributed by atoms with Crippen molar-refractivity contribution in [2.45, 2.75) is 98.8 Å². The molecule has 0 saturated heterocycles. The smallest absolute Gasteiger partial charge is 0.217 e. The molecule has 26 heavy (non-hydrogen) atoms. The highest BCUT2D eigenvalue weighted by Crippen LogP contribution is 2.16. The van der Waals surface area contributed by atoms with Gasteiger partial charge in [-0.05, 0) is 32.1 Å². The van der Waals surface area contributed by atoms with Crippen LogP contribution in [0.4, 0.5) is 0 Å². The summed E-state index contributed by atoms with van der Waals surface area (Å²) < 4.78 is 34.5. The Morgan fingerprint density at radius 2 is 0.962 bits per heavy atom. The number of rotatable bonds is 16. The van der Waals surface area contributed by atoms with Gasteiger partial charge in [0, 0.05) is 0 Å². The third-order valence-electron chi connectivity index (χ3n) is 4.67. The quantitative estimate of drug-likeness (QED) is 0.155. The van der Waals surface area contributed by atoms with E-state index in [1.54, 1.807) is 0 Å². The third-order valence-corrected chi connectivity index (χ3v) is 5.12. The van der Waals surface area contributed by atoms with Crippen molar-refractivity contribution in [1.82, 2.24) is 0 Å². The van der Waals surface area contributed by atoms with Gasteiger partial charge < -0.3 is 9.04 Å². The predicted octanol–water partition coefficient (Wildman–Crippen LogP) is 5.27. The van der Waals surface area contributed by atoms with Gasteiger partial charge in [0.05, 0.1) is 32.8 Å². The van der Waals surface area contributed by atoms with Gasteiger partial charge in [-0.25, -0.2) is 8.42 Å². The molecule has 160 valence electrons. The summed E-state index contributed by atoms with van der Waals surface area (Å²) in [5, 5.41) is 0. The Morgan fingerprint density at radius 1 is 0.654 bits per heavy atom. The summed E-state index contributed by atoms with van der Waals surface area (Å²) in [5.74, 6) is 0. The summed E-state index contributed by atoms with van der Waals surface area (Å²) in [5.41, 5.74) is 0. The molecule has 0 aliphatic carbocycles. The van der Waals surface area contributed by atoms with E-state index in [0.717, 1.165) is 6.42 Å². The Morgan fingerprint density at radius 3 is 1.19 bits per heavy atom. The Labute approximate surface area is 164 Å². The zero-order valence-electron chi connectivity index (χ0n) is 18.1. The van der Waals surface area contributed by atoms with Crippen molar-refractivity contribution < 1.29 is 21.6 Å². The molecule has 0 N–H and O–H groups in total. The second-order valence-corrected chi connectivity index (χ2v) is 8.29. The van der Waals surface area contributed by atoms with E-state index in [1.165, 1.54) is 82.0 Å². The highest BCUT2D eigenvalue weighted by atomic mass is 32.3. The van der Waals surface area contributed by atoms with Crippen LogP contribution in [0.25, 0.3) is 0 Å². The van der Waals surface area contributed by atoms with Gasteiger partial charge in [0.1, 0.15) is 0 Å². The maximum absolute atomic E-state index is 9.73. The van der Waals surface area contributed by atoms with Gasteiger partial charge in [-0.1, -0.05) is 66.7 Å². The third kappa shape index (κ3) is 18.6. The fourth-order valence-corrected chi connectivity index (χ4v) is 3.27. The zero-order chi connectivity index (χ0) is 20.3. The van der Waals surface area contributed by atoms with Crippen LogP contribution >= 0.6 is 0 Å². The predicted molar refractivity (Wildman–Crippen MR) is 110 cm³/mol. The minimum Gasteiger partial charge on any atom is -0.726 e. The summed E-state index contributed by atoms with van der Waals surface area (Å²) in [7, 11) is -4.45. The van der Waals surface area contributed by atoms with Crippen molar-refractivity contribution in [2.24, 2.45) is 0 Å². The van der Waals surface area contributed by atoms with Gasteiger partial charge >= 0.3 is 0 Å². The first-order chi connectivity index (χ1) is 12.3. The molecule has 0 unspecified atom stereocenters. The highest BCUT2D eigenvalue weighted by molar-refractivity contribution is 7.80. The first-order valence-corrected chi connectivity index (χ1v) is 12.1. The van der Waals surface area contributed by atoms with Crippen LogP contribution in [0.15, 0.2) is 0 Å².